The second-order valence-electron chi connectivity index (χ2n) is 3.70. The van der Waals surface area contributed by atoms with Crippen molar-refractivity contribution in [2.24, 2.45) is 0 Å². The predicted molar refractivity (Wildman–Crippen MR) is 65.5 cm³/mol. The van der Waals surface area contributed by atoms with E-state index >= 15 is 0 Å². The summed E-state index contributed by atoms with van der Waals surface area (Å²) in [6.45, 7) is 3.49. The maximum Gasteiger partial charge on any atom is 0.338 e. The van der Waals surface area contributed by atoms with Crippen LogP contribution in [0.2, 0.25) is 0 Å². The van der Waals surface area contributed by atoms with Crippen molar-refractivity contribution in [3.8, 4) is 5.82 Å². The lowest BCUT2D eigenvalue weighted by atomic mass is 10.2. The van der Waals surface area contributed by atoms with Gasteiger partial charge >= 0.3 is 5.97 Å². The molecule has 0 aliphatic rings. The van der Waals surface area contributed by atoms with Crippen molar-refractivity contribution in [1.29, 1.82) is 0 Å². The summed E-state index contributed by atoms with van der Waals surface area (Å²) in [6, 6.07) is 1.11. The van der Waals surface area contributed by atoms with Crippen LogP contribution < -0.4 is 0 Å². The lowest BCUT2D eigenvalue weighted by Gasteiger charge is -2.06. The number of aromatic nitrogens is 3. The van der Waals surface area contributed by atoms with Crippen LogP contribution in [0.15, 0.2) is 16.7 Å². The van der Waals surface area contributed by atoms with Gasteiger partial charge in [0, 0.05) is 6.20 Å². The number of hydrogen-bond acceptors (Lipinski definition) is 3. The maximum atomic E-state index is 14.0. The standard InChI is InChI=1S/C11H9BrFN3O2/c1-5-8(12)6(2)16(15-5)10-9(13)7(11(17)18)3-4-14-10/h3-4H,1-2H3,(H,17,18). The van der Waals surface area contributed by atoms with Crippen LogP contribution in [0.3, 0.4) is 0 Å². The number of aryl methyl sites for hydroxylation is 1. The van der Waals surface area contributed by atoms with Crippen molar-refractivity contribution < 1.29 is 14.3 Å². The zero-order valence-electron chi connectivity index (χ0n) is 9.61. The van der Waals surface area contributed by atoms with E-state index in [1.54, 1.807) is 13.8 Å². The Morgan fingerprint density at radius 3 is 2.67 bits per heavy atom. The fraction of sp³-hybridized carbons (Fsp3) is 0.182. The molecule has 0 saturated heterocycles. The van der Waals surface area contributed by atoms with Gasteiger partial charge in [0.25, 0.3) is 0 Å². The molecule has 94 valence electrons. The summed E-state index contributed by atoms with van der Waals surface area (Å²) < 4.78 is 16.0. The molecular formula is C11H9BrFN3O2. The molecule has 0 aromatic carbocycles. The summed E-state index contributed by atoms with van der Waals surface area (Å²) in [5, 5.41) is 13.0. The van der Waals surface area contributed by atoms with Gasteiger partial charge in [-0.1, -0.05) is 0 Å². The van der Waals surface area contributed by atoms with E-state index in [4.69, 9.17) is 5.11 Å². The lowest BCUT2D eigenvalue weighted by molar-refractivity contribution is 0.0691. The third-order valence-corrected chi connectivity index (χ3v) is 3.65. The first-order valence-electron chi connectivity index (χ1n) is 5.03. The number of pyridine rings is 1. The number of hydrogen-bond donors (Lipinski definition) is 1. The minimum atomic E-state index is -1.34. The van der Waals surface area contributed by atoms with Crippen molar-refractivity contribution in [1.82, 2.24) is 14.8 Å². The van der Waals surface area contributed by atoms with Gasteiger partial charge in [0.15, 0.2) is 11.6 Å². The molecule has 0 radical (unpaired) electrons. The SMILES string of the molecule is Cc1nn(-c2nccc(C(=O)O)c2F)c(C)c1Br. The van der Waals surface area contributed by atoms with Gasteiger partial charge < -0.3 is 5.11 Å². The third kappa shape index (κ3) is 1.90. The van der Waals surface area contributed by atoms with Crippen molar-refractivity contribution in [3.63, 3.8) is 0 Å². The third-order valence-electron chi connectivity index (χ3n) is 2.50. The van der Waals surface area contributed by atoms with Gasteiger partial charge in [0.2, 0.25) is 0 Å². The Bertz CT molecular complexity index is 639. The predicted octanol–water partition coefficient (Wildman–Crippen LogP) is 2.48. The maximum absolute atomic E-state index is 14.0. The molecule has 0 aliphatic heterocycles. The van der Waals surface area contributed by atoms with Crippen molar-refractivity contribution >= 4 is 21.9 Å². The topological polar surface area (TPSA) is 68.0 Å². The molecule has 0 aliphatic carbocycles. The average molecular weight is 314 g/mol. The van der Waals surface area contributed by atoms with Gasteiger partial charge in [-0.05, 0) is 35.8 Å². The Morgan fingerprint density at radius 2 is 2.17 bits per heavy atom. The van der Waals surface area contributed by atoms with Crippen LogP contribution in [-0.2, 0) is 0 Å². The van der Waals surface area contributed by atoms with Crippen molar-refractivity contribution in [2.45, 2.75) is 13.8 Å². The molecule has 0 fully saturated rings. The number of aromatic carboxylic acids is 1. The van der Waals surface area contributed by atoms with E-state index in [0.29, 0.717) is 11.4 Å². The number of halogens is 2. The van der Waals surface area contributed by atoms with Crippen LogP contribution in [0.4, 0.5) is 4.39 Å². The van der Waals surface area contributed by atoms with Crippen LogP contribution in [0.25, 0.3) is 5.82 Å². The van der Waals surface area contributed by atoms with Crippen LogP contribution >= 0.6 is 15.9 Å². The van der Waals surface area contributed by atoms with Gasteiger partial charge in [-0.2, -0.15) is 5.10 Å². The Hall–Kier alpha value is -1.76. The number of nitrogens with zero attached hydrogens (tertiary/aromatic N) is 3. The minimum Gasteiger partial charge on any atom is -0.478 e. The molecular weight excluding hydrogens is 305 g/mol. The summed E-state index contributed by atoms with van der Waals surface area (Å²) in [5.74, 6) is -2.36. The largest absolute Gasteiger partial charge is 0.478 e. The second kappa shape index (κ2) is 4.49. The van der Waals surface area contributed by atoms with Crippen molar-refractivity contribution in [2.75, 3.05) is 0 Å². The van der Waals surface area contributed by atoms with Gasteiger partial charge in [-0.25, -0.2) is 18.9 Å². The molecule has 1 N–H and O–H groups in total. The molecule has 0 unspecified atom stereocenters. The van der Waals surface area contributed by atoms with Gasteiger partial charge in [0.05, 0.1) is 15.9 Å². The molecule has 0 spiro atoms. The molecule has 2 rings (SSSR count). The van der Waals surface area contributed by atoms with E-state index in [1.165, 1.54) is 10.9 Å². The van der Waals surface area contributed by atoms with E-state index < -0.39 is 17.3 Å². The fourth-order valence-electron chi connectivity index (χ4n) is 1.58. The van der Waals surface area contributed by atoms with Gasteiger partial charge in [0.1, 0.15) is 5.56 Å². The molecule has 0 saturated carbocycles. The number of carboxylic acid groups (broad SMARTS) is 1. The molecule has 7 heteroatoms. The monoisotopic (exact) mass is 313 g/mol. The number of carbonyl (C=O) groups is 1. The number of carboxylic acids is 1. The Morgan fingerprint density at radius 1 is 1.50 bits per heavy atom. The highest BCUT2D eigenvalue weighted by Gasteiger charge is 2.19. The first-order valence-corrected chi connectivity index (χ1v) is 5.82. The summed E-state index contributed by atoms with van der Waals surface area (Å²) in [4.78, 5) is 14.7. The molecule has 2 aromatic heterocycles. The highest BCUT2D eigenvalue weighted by Crippen LogP contribution is 2.24. The highest BCUT2D eigenvalue weighted by molar-refractivity contribution is 9.10. The Balaban J connectivity index is 2.68. The first-order chi connectivity index (χ1) is 8.43. The van der Waals surface area contributed by atoms with E-state index in [9.17, 15) is 9.18 Å². The van der Waals surface area contributed by atoms with E-state index in [1.807, 2.05) is 0 Å². The Labute approximate surface area is 110 Å². The first kappa shape index (κ1) is 12.7. The molecule has 18 heavy (non-hydrogen) atoms. The second-order valence-corrected chi connectivity index (χ2v) is 4.49. The highest BCUT2D eigenvalue weighted by atomic mass is 79.9. The Kier molecular flexibility index (Phi) is 3.16. The van der Waals surface area contributed by atoms with Gasteiger partial charge in [-0.15, -0.1) is 0 Å². The van der Waals surface area contributed by atoms with Crippen LogP contribution in [0.1, 0.15) is 21.7 Å². The van der Waals surface area contributed by atoms with Crippen LogP contribution in [0.5, 0.6) is 0 Å². The zero-order chi connectivity index (χ0) is 13.4. The molecule has 2 heterocycles. The van der Waals surface area contributed by atoms with E-state index in [2.05, 4.69) is 26.0 Å². The summed E-state index contributed by atoms with van der Waals surface area (Å²) >= 11 is 3.32. The van der Waals surface area contributed by atoms with Gasteiger partial charge in [-0.3, -0.25) is 0 Å². The number of rotatable bonds is 2. The van der Waals surface area contributed by atoms with Crippen LogP contribution in [0, 0.1) is 19.7 Å². The summed E-state index contributed by atoms with van der Waals surface area (Å²) in [5.41, 5.74) is 0.902. The smallest absolute Gasteiger partial charge is 0.338 e. The lowest BCUT2D eigenvalue weighted by Crippen LogP contribution is -2.10. The quantitative estimate of drug-likeness (QED) is 0.925. The summed E-state index contributed by atoms with van der Waals surface area (Å²) in [6.07, 6.45) is 1.24. The average Bonchev–Trinajstić information content (AvgIpc) is 2.57. The molecule has 5 nitrogen and oxygen atoms in total. The molecule has 2 aromatic rings. The zero-order valence-corrected chi connectivity index (χ0v) is 11.2. The van der Waals surface area contributed by atoms with E-state index in [0.717, 1.165) is 10.5 Å². The normalized spacial score (nSPS) is 10.7. The fourth-order valence-corrected chi connectivity index (χ4v) is 1.82. The molecule has 0 atom stereocenters. The van der Waals surface area contributed by atoms with Crippen molar-refractivity contribution in [3.05, 3.63) is 39.5 Å². The molecule has 0 amide bonds. The minimum absolute atomic E-state index is 0.124. The van der Waals surface area contributed by atoms with Crippen LogP contribution in [-0.4, -0.2) is 25.8 Å². The summed E-state index contributed by atoms with van der Waals surface area (Å²) in [7, 11) is 0. The van der Waals surface area contributed by atoms with E-state index in [-0.39, 0.29) is 5.82 Å². The molecule has 0 bridgehead atoms.